The molecule has 0 atom stereocenters. The van der Waals surface area contributed by atoms with Crippen molar-refractivity contribution in [3.05, 3.63) is 90.5 Å². The molecule has 0 unspecified atom stereocenters. The van der Waals surface area contributed by atoms with E-state index in [0.29, 0.717) is 21.3 Å². The number of nitrogens with zero attached hydrogens (tertiary/aromatic N) is 3. The Balaban J connectivity index is 1.38. The number of amides is 1. The van der Waals surface area contributed by atoms with E-state index in [4.69, 9.17) is 16.6 Å². The first-order valence-corrected chi connectivity index (χ1v) is 14.7. The lowest BCUT2D eigenvalue weighted by atomic mass is 9.97. The number of aryl methyl sites for hydroxylation is 2. The lowest BCUT2D eigenvalue weighted by Crippen LogP contribution is -2.24. The molecule has 0 bridgehead atoms. The van der Waals surface area contributed by atoms with Crippen LogP contribution in [0.3, 0.4) is 0 Å². The van der Waals surface area contributed by atoms with Crippen LogP contribution in [-0.2, 0) is 17.6 Å². The van der Waals surface area contributed by atoms with Crippen molar-refractivity contribution in [3.63, 3.8) is 0 Å². The highest BCUT2D eigenvalue weighted by atomic mass is 79.9. The number of hydrazone groups is 1. The third kappa shape index (κ3) is 6.06. The molecular weight excluding hydrogens is 592 g/mol. The lowest BCUT2D eigenvalue weighted by Gasteiger charge is -2.13. The summed E-state index contributed by atoms with van der Waals surface area (Å²) in [5.74, 6) is -0.253. The van der Waals surface area contributed by atoms with Crippen LogP contribution in [0.5, 0.6) is 0 Å². The minimum Gasteiger partial charge on any atom is -0.272 e. The van der Waals surface area contributed by atoms with Gasteiger partial charge in [0.15, 0.2) is 5.16 Å². The Hall–Kier alpha value is -2.72. The second-order valence-corrected chi connectivity index (χ2v) is 11.8. The van der Waals surface area contributed by atoms with E-state index in [1.165, 1.54) is 22.9 Å². The first-order chi connectivity index (χ1) is 18.0. The van der Waals surface area contributed by atoms with Crippen LogP contribution in [0.25, 0.3) is 22.0 Å². The molecule has 10 heteroatoms. The van der Waals surface area contributed by atoms with Crippen LogP contribution in [-0.4, -0.2) is 27.4 Å². The number of carbonyl (C=O) groups excluding carboxylic acids is 1. The fourth-order valence-corrected chi connectivity index (χ4v) is 6.78. The monoisotopic (exact) mass is 612 g/mol. The molecule has 0 aliphatic heterocycles. The molecule has 2 aromatic carbocycles. The summed E-state index contributed by atoms with van der Waals surface area (Å²) in [5.41, 5.74) is 5.23. The maximum Gasteiger partial charge on any atom is 0.267 e. The van der Waals surface area contributed by atoms with E-state index in [-0.39, 0.29) is 17.2 Å². The summed E-state index contributed by atoms with van der Waals surface area (Å²) >= 11 is 12.3. The second kappa shape index (κ2) is 11.8. The molecule has 4 aromatic rings. The first kappa shape index (κ1) is 25.9. The normalized spacial score (nSPS) is 13.7. The third-order valence-corrected chi connectivity index (χ3v) is 8.67. The van der Waals surface area contributed by atoms with Crippen LogP contribution in [0.1, 0.15) is 28.8 Å². The largest absolute Gasteiger partial charge is 0.272 e. The molecule has 1 N–H and O–H groups in total. The number of benzene rings is 2. The lowest BCUT2D eigenvalue weighted by molar-refractivity contribution is -0.118. The van der Waals surface area contributed by atoms with Crippen molar-refractivity contribution < 1.29 is 4.79 Å². The first-order valence-electron chi connectivity index (χ1n) is 11.7. The topological polar surface area (TPSA) is 76.3 Å². The third-order valence-electron chi connectivity index (χ3n) is 5.86. The van der Waals surface area contributed by atoms with Gasteiger partial charge in [-0.3, -0.25) is 14.2 Å². The van der Waals surface area contributed by atoms with Gasteiger partial charge in [-0.25, -0.2) is 10.4 Å². The molecule has 0 spiro atoms. The predicted molar refractivity (Wildman–Crippen MR) is 158 cm³/mol. The van der Waals surface area contributed by atoms with E-state index < -0.39 is 0 Å². The Morgan fingerprint density at radius 3 is 2.70 bits per heavy atom. The number of halogens is 2. The Bertz CT molecular complexity index is 1560. The van der Waals surface area contributed by atoms with Gasteiger partial charge in [0, 0.05) is 14.4 Å². The van der Waals surface area contributed by atoms with Gasteiger partial charge in [-0.2, -0.15) is 5.10 Å². The fraction of sp³-hybridized carbons (Fsp3) is 0.185. The van der Waals surface area contributed by atoms with E-state index >= 15 is 0 Å². The van der Waals surface area contributed by atoms with Gasteiger partial charge in [-0.15, -0.1) is 11.3 Å². The zero-order chi connectivity index (χ0) is 25.8. The molecule has 0 radical (unpaired) electrons. The van der Waals surface area contributed by atoms with Gasteiger partial charge in [0.2, 0.25) is 0 Å². The summed E-state index contributed by atoms with van der Waals surface area (Å²) in [6.45, 7) is 0. The summed E-state index contributed by atoms with van der Waals surface area (Å²) in [6.07, 6.45) is 7.51. The smallest absolute Gasteiger partial charge is 0.267 e. The molecule has 37 heavy (non-hydrogen) atoms. The Labute approximate surface area is 235 Å². The SMILES string of the molecule is O=C(CSc1nc2sc3c(c2c(=O)n1-c1ccc(Cl)cc1)CCCC3)NN=CC(Br)=Cc1ccccc1. The number of thioether (sulfide) groups is 1. The van der Waals surface area contributed by atoms with Crippen molar-refractivity contribution in [1.82, 2.24) is 15.0 Å². The summed E-state index contributed by atoms with van der Waals surface area (Å²) in [5, 5.41) is 5.77. The van der Waals surface area contributed by atoms with E-state index in [1.807, 2.05) is 36.4 Å². The maximum absolute atomic E-state index is 13.8. The molecule has 188 valence electrons. The van der Waals surface area contributed by atoms with Crippen molar-refractivity contribution in [3.8, 4) is 5.69 Å². The second-order valence-electron chi connectivity index (χ2n) is 8.42. The number of nitrogens with one attached hydrogen (secondary N) is 1. The Morgan fingerprint density at radius 1 is 1.16 bits per heavy atom. The van der Waals surface area contributed by atoms with E-state index in [2.05, 4.69) is 26.5 Å². The maximum atomic E-state index is 13.8. The summed E-state index contributed by atoms with van der Waals surface area (Å²) < 4.78 is 2.30. The van der Waals surface area contributed by atoms with Gasteiger partial charge < -0.3 is 0 Å². The highest BCUT2D eigenvalue weighted by molar-refractivity contribution is 9.12. The number of aromatic nitrogens is 2. The zero-order valence-corrected chi connectivity index (χ0v) is 23.6. The van der Waals surface area contributed by atoms with E-state index in [9.17, 15) is 9.59 Å². The minimum atomic E-state index is -0.302. The van der Waals surface area contributed by atoms with Crippen LogP contribution in [0.15, 0.2) is 74.1 Å². The summed E-state index contributed by atoms with van der Waals surface area (Å²) in [6, 6.07) is 16.9. The molecule has 0 fully saturated rings. The zero-order valence-electron chi connectivity index (χ0n) is 19.6. The molecule has 1 aliphatic carbocycles. The van der Waals surface area contributed by atoms with Gasteiger partial charge >= 0.3 is 0 Å². The summed E-state index contributed by atoms with van der Waals surface area (Å²) in [7, 11) is 0. The number of allylic oxidation sites excluding steroid dienone is 1. The van der Waals surface area contributed by atoms with Crippen molar-refractivity contribution in [2.24, 2.45) is 5.10 Å². The quantitative estimate of drug-likeness (QED) is 0.110. The minimum absolute atomic E-state index is 0.0496. The molecule has 0 saturated heterocycles. The van der Waals surface area contributed by atoms with E-state index in [0.717, 1.165) is 46.1 Å². The number of rotatable bonds is 7. The number of hydrogen-bond acceptors (Lipinski definition) is 6. The van der Waals surface area contributed by atoms with Crippen molar-refractivity contribution in [2.45, 2.75) is 30.8 Å². The molecule has 2 heterocycles. The van der Waals surface area contributed by atoms with Gasteiger partial charge in [0.05, 0.1) is 23.0 Å². The molecule has 6 nitrogen and oxygen atoms in total. The molecule has 5 rings (SSSR count). The summed E-state index contributed by atoms with van der Waals surface area (Å²) in [4.78, 5) is 33.1. The number of fused-ring (bicyclic) bond motifs is 3. The molecule has 1 amide bonds. The molecule has 1 aliphatic rings. The Morgan fingerprint density at radius 2 is 1.92 bits per heavy atom. The highest BCUT2D eigenvalue weighted by Crippen LogP contribution is 2.35. The van der Waals surface area contributed by atoms with Crippen LogP contribution < -0.4 is 11.0 Å². The molecule has 2 aromatic heterocycles. The van der Waals surface area contributed by atoms with E-state index in [1.54, 1.807) is 40.2 Å². The van der Waals surface area contributed by atoms with Gasteiger partial charge in [-0.1, -0.05) is 53.7 Å². The predicted octanol–water partition coefficient (Wildman–Crippen LogP) is 6.61. The number of carbonyl (C=O) groups is 1. The van der Waals surface area contributed by atoms with Crippen LogP contribution in [0, 0.1) is 0 Å². The van der Waals surface area contributed by atoms with Crippen molar-refractivity contribution in [1.29, 1.82) is 0 Å². The number of hydrogen-bond donors (Lipinski definition) is 1. The molecule has 0 saturated carbocycles. The van der Waals surface area contributed by atoms with Crippen LogP contribution in [0.2, 0.25) is 5.02 Å². The van der Waals surface area contributed by atoms with Gasteiger partial charge in [-0.05, 0) is 83.1 Å². The fourth-order valence-electron chi connectivity index (χ4n) is 4.18. The average molecular weight is 614 g/mol. The molecular formula is C27H22BrClN4O2S2. The van der Waals surface area contributed by atoms with Crippen LogP contribution >= 0.6 is 50.6 Å². The van der Waals surface area contributed by atoms with Gasteiger partial charge in [0.25, 0.3) is 11.5 Å². The standard InChI is InChI=1S/C27H22BrClN4O2S2/c28-18(14-17-6-2-1-3-7-17)15-30-32-23(34)16-36-27-31-25-24(21-8-4-5-9-22(21)37-25)26(35)33(27)20-12-10-19(29)11-13-20/h1-3,6-7,10-15H,4-5,8-9,16H2,(H,32,34). The highest BCUT2D eigenvalue weighted by Gasteiger charge is 2.23. The van der Waals surface area contributed by atoms with Crippen molar-refractivity contribution in [2.75, 3.05) is 5.75 Å². The van der Waals surface area contributed by atoms with Crippen molar-refractivity contribution >= 4 is 79.0 Å². The average Bonchev–Trinajstić information content (AvgIpc) is 3.27. The van der Waals surface area contributed by atoms with Gasteiger partial charge in [0.1, 0.15) is 4.83 Å². The number of thiophene rings is 1. The Kier molecular flexibility index (Phi) is 8.24. The van der Waals surface area contributed by atoms with Crippen LogP contribution in [0.4, 0.5) is 0 Å².